The fourth-order valence-corrected chi connectivity index (χ4v) is 5.50. The second kappa shape index (κ2) is 9.41. The molecule has 1 aliphatic heterocycles. The van der Waals surface area contributed by atoms with Crippen molar-refractivity contribution in [1.29, 1.82) is 0 Å². The molecule has 2 atom stereocenters. The van der Waals surface area contributed by atoms with Crippen LogP contribution in [0.25, 0.3) is 5.69 Å². The summed E-state index contributed by atoms with van der Waals surface area (Å²) in [5, 5.41) is 5.34. The van der Waals surface area contributed by atoms with Gasteiger partial charge in [0.15, 0.2) is 5.11 Å². The number of thiocarbonyl (C=S) groups is 1. The Morgan fingerprint density at radius 1 is 0.971 bits per heavy atom. The van der Waals surface area contributed by atoms with Gasteiger partial charge in [-0.05, 0) is 67.5 Å². The van der Waals surface area contributed by atoms with Gasteiger partial charge in [0.2, 0.25) is 0 Å². The molecule has 4 nitrogen and oxygen atoms in total. The first kappa shape index (κ1) is 22.9. The minimum absolute atomic E-state index is 0.0412. The Hall–Kier alpha value is -2.86. The first-order valence-corrected chi connectivity index (χ1v) is 12.3. The highest BCUT2D eigenvalue weighted by Crippen LogP contribution is 2.43. The largest absolute Gasteiger partial charge is 0.352 e. The van der Waals surface area contributed by atoms with Crippen LogP contribution in [0.15, 0.2) is 79.0 Å². The molecule has 34 heavy (non-hydrogen) atoms. The quantitative estimate of drug-likeness (QED) is 0.296. The summed E-state index contributed by atoms with van der Waals surface area (Å²) in [6.45, 7) is 4.91. The first-order valence-electron chi connectivity index (χ1n) is 11.1. The van der Waals surface area contributed by atoms with Crippen LogP contribution in [0.2, 0.25) is 10.0 Å². The highest BCUT2D eigenvalue weighted by Gasteiger charge is 2.41. The van der Waals surface area contributed by atoms with E-state index in [1.54, 1.807) is 6.07 Å². The number of benzene rings is 2. The van der Waals surface area contributed by atoms with Crippen molar-refractivity contribution in [2.24, 2.45) is 0 Å². The zero-order chi connectivity index (χ0) is 23.8. The Morgan fingerprint density at radius 2 is 1.74 bits per heavy atom. The molecule has 2 aromatic carbocycles. The van der Waals surface area contributed by atoms with Gasteiger partial charge in [-0.25, -0.2) is 0 Å². The molecule has 172 valence electrons. The summed E-state index contributed by atoms with van der Waals surface area (Å²) >= 11 is 18.8. The molecule has 0 bridgehead atoms. The highest BCUT2D eigenvalue weighted by atomic mass is 35.5. The molecule has 0 spiro atoms. The molecule has 2 aromatic heterocycles. The maximum Gasteiger partial charge on any atom is 0.170 e. The van der Waals surface area contributed by atoms with Crippen LogP contribution in [0, 0.1) is 13.8 Å². The Kier molecular flexibility index (Phi) is 6.34. The second-order valence-electron chi connectivity index (χ2n) is 8.47. The minimum Gasteiger partial charge on any atom is -0.352 e. The third kappa shape index (κ3) is 4.09. The summed E-state index contributed by atoms with van der Waals surface area (Å²) < 4.78 is 2.17. The molecule has 1 fully saturated rings. The molecule has 0 saturated carbocycles. The fourth-order valence-electron chi connectivity index (χ4n) is 4.82. The van der Waals surface area contributed by atoms with Gasteiger partial charge in [0, 0.05) is 24.1 Å². The number of halogens is 2. The third-order valence-corrected chi connectivity index (χ3v) is 7.52. The van der Waals surface area contributed by atoms with Crippen LogP contribution in [-0.4, -0.2) is 19.6 Å². The van der Waals surface area contributed by atoms with Crippen LogP contribution in [0.3, 0.4) is 0 Å². The SMILES string of the molecule is Cc1cc([C@@H]2[C@H](c3ccccn3)NC(=S)N2Cc2ccccc2)c(C)n1-c1cccc(Cl)c1Cl. The number of nitrogens with zero attached hydrogens (tertiary/aromatic N) is 3. The summed E-state index contributed by atoms with van der Waals surface area (Å²) in [5.74, 6) is 0. The van der Waals surface area contributed by atoms with Crippen molar-refractivity contribution >= 4 is 40.5 Å². The smallest absolute Gasteiger partial charge is 0.170 e. The zero-order valence-electron chi connectivity index (χ0n) is 18.9. The van der Waals surface area contributed by atoms with Gasteiger partial charge in [-0.1, -0.05) is 65.7 Å². The van der Waals surface area contributed by atoms with E-state index in [9.17, 15) is 0 Å². The number of hydrogen-bond donors (Lipinski definition) is 1. The van der Waals surface area contributed by atoms with Crippen LogP contribution in [0.5, 0.6) is 0 Å². The number of nitrogens with one attached hydrogen (secondary N) is 1. The lowest BCUT2D eigenvalue weighted by atomic mass is 9.96. The van der Waals surface area contributed by atoms with Crippen molar-refractivity contribution in [2.75, 3.05) is 0 Å². The topological polar surface area (TPSA) is 33.1 Å². The summed E-state index contributed by atoms with van der Waals surface area (Å²) in [7, 11) is 0. The van der Waals surface area contributed by atoms with Gasteiger partial charge < -0.3 is 14.8 Å². The molecule has 7 heteroatoms. The van der Waals surface area contributed by atoms with Crippen molar-refractivity contribution in [1.82, 2.24) is 19.8 Å². The lowest BCUT2D eigenvalue weighted by molar-refractivity contribution is 0.310. The van der Waals surface area contributed by atoms with Gasteiger partial charge in [0.1, 0.15) is 0 Å². The fraction of sp³-hybridized carbons (Fsp3) is 0.185. The summed E-state index contributed by atoms with van der Waals surface area (Å²) in [5.41, 5.74) is 6.37. The lowest BCUT2D eigenvalue weighted by Gasteiger charge is -2.28. The van der Waals surface area contributed by atoms with Crippen LogP contribution in [0.1, 0.15) is 40.3 Å². The molecule has 0 amide bonds. The van der Waals surface area contributed by atoms with E-state index in [1.165, 1.54) is 11.1 Å². The Labute approximate surface area is 215 Å². The van der Waals surface area contributed by atoms with Gasteiger partial charge in [-0.15, -0.1) is 0 Å². The molecule has 0 aliphatic carbocycles. The lowest BCUT2D eigenvalue weighted by Crippen LogP contribution is -2.29. The van der Waals surface area contributed by atoms with Crippen molar-refractivity contribution in [3.63, 3.8) is 0 Å². The highest BCUT2D eigenvalue weighted by molar-refractivity contribution is 7.80. The van der Waals surface area contributed by atoms with Crippen molar-refractivity contribution in [3.8, 4) is 5.69 Å². The molecule has 0 radical (unpaired) electrons. The van der Waals surface area contributed by atoms with Gasteiger partial charge in [-0.2, -0.15) is 0 Å². The maximum atomic E-state index is 6.62. The summed E-state index contributed by atoms with van der Waals surface area (Å²) in [6, 6.07) is 24.2. The number of aryl methyl sites for hydroxylation is 1. The van der Waals surface area contributed by atoms with Crippen LogP contribution in [0.4, 0.5) is 0 Å². The van der Waals surface area contributed by atoms with E-state index >= 15 is 0 Å². The molecule has 1 aliphatic rings. The molecular weight excluding hydrogens is 483 g/mol. The standard InChI is InChI=1S/C27H24Cl2N4S/c1-17-15-20(18(2)33(17)23-13-8-11-21(28)24(23)29)26-25(22-12-6-7-14-30-22)31-27(34)32(26)16-19-9-4-3-5-10-19/h3-15,25-26H,16H2,1-2H3,(H,31,34)/t25-,26+/m0/s1. The van der Waals surface area contributed by atoms with Crippen LogP contribution >= 0.6 is 35.4 Å². The number of aromatic nitrogens is 2. The molecule has 5 rings (SSSR count). The van der Waals surface area contributed by atoms with E-state index in [1.807, 2.05) is 42.6 Å². The molecule has 1 N–H and O–H groups in total. The third-order valence-electron chi connectivity index (χ3n) is 6.35. The van der Waals surface area contributed by atoms with E-state index < -0.39 is 0 Å². The Morgan fingerprint density at radius 3 is 2.47 bits per heavy atom. The van der Waals surface area contributed by atoms with Crippen LogP contribution in [-0.2, 0) is 6.54 Å². The Balaban J connectivity index is 1.64. The normalized spacial score (nSPS) is 17.8. The number of hydrogen-bond acceptors (Lipinski definition) is 2. The van der Waals surface area contributed by atoms with Gasteiger partial charge >= 0.3 is 0 Å². The van der Waals surface area contributed by atoms with E-state index in [0.717, 1.165) is 27.9 Å². The summed E-state index contributed by atoms with van der Waals surface area (Å²) in [6.07, 6.45) is 1.83. The minimum atomic E-state index is -0.0822. The second-order valence-corrected chi connectivity index (χ2v) is 9.65. The van der Waals surface area contributed by atoms with Crippen molar-refractivity contribution in [2.45, 2.75) is 32.5 Å². The van der Waals surface area contributed by atoms with E-state index in [4.69, 9.17) is 35.4 Å². The van der Waals surface area contributed by atoms with Crippen molar-refractivity contribution in [3.05, 3.63) is 117 Å². The van der Waals surface area contributed by atoms with E-state index in [0.29, 0.717) is 16.6 Å². The van der Waals surface area contributed by atoms with E-state index in [2.05, 4.69) is 63.9 Å². The molecular formula is C27H24Cl2N4S. The zero-order valence-corrected chi connectivity index (χ0v) is 21.2. The van der Waals surface area contributed by atoms with Gasteiger partial charge in [0.25, 0.3) is 0 Å². The van der Waals surface area contributed by atoms with Crippen molar-refractivity contribution < 1.29 is 0 Å². The van der Waals surface area contributed by atoms with E-state index in [-0.39, 0.29) is 12.1 Å². The molecule has 0 unspecified atom stereocenters. The number of pyridine rings is 1. The molecule has 3 heterocycles. The Bertz CT molecular complexity index is 1340. The summed E-state index contributed by atoms with van der Waals surface area (Å²) in [4.78, 5) is 6.92. The average Bonchev–Trinajstić information content (AvgIpc) is 3.32. The maximum absolute atomic E-state index is 6.62. The average molecular weight is 507 g/mol. The predicted molar refractivity (Wildman–Crippen MR) is 143 cm³/mol. The van der Waals surface area contributed by atoms with Gasteiger partial charge in [0.05, 0.1) is 33.5 Å². The molecule has 4 aromatic rings. The van der Waals surface area contributed by atoms with Crippen LogP contribution < -0.4 is 5.32 Å². The van der Waals surface area contributed by atoms with Gasteiger partial charge in [-0.3, -0.25) is 4.98 Å². The first-order chi connectivity index (χ1) is 16.5. The number of rotatable bonds is 5. The monoisotopic (exact) mass is 506 g/mol. The predicted octanol–water partition coefficient (Wildman–Crippen LogP) is 6.97. The molecule has 1 saturated heterocycles.